The molecule has 0 aliphatic heterocycles. The molecule has 31 heavy (non-hydrogen) atoms. The SMILES string of the molecule is CCc1ccccc1NC(=O)Cc1nnc(SCC(=O)Nc2c(F)cccc2F)n1C. The van der Waals surface area contributed by atoms with Gasteiger partial charge >= 0.3 is 0 Å². The van der Waals surface area contributed by atoms with Gasteiger partial charge in [-0.3, -0.25) is 9.59 Å². The molecule has 1 heterocycles. The zero-order valence-electron chi connectivity index (χ0n) is 17.0. The molecule has 0 aliphatic rings. The van der Waals surface area contributed by atoms with Crippen molar-refractivity contribution in [3.8, 4) is 0 Å². The van der Waals surface area contributed by atoms with Crippen molar-refractivity contribution in [2.75, 3.05) is 16.4 Å². The van der Waals surface area contributed by atoms with Gasteiger partial charge in [-0.05, 0) is 30.2 Å². The number of aromatic nitrogens is 3. The Bertz CT molecular complexity index is 1080. The summed E-state index contributed by atoms with van der Waals surface area (Å²) in [4.78, 5) is 24.5. The minimum Gasteiger partial charge on any atom is -0.325 e. The van der Waals surface area contributed by atoms with Gasteiger partial charge in [0, 0.05) is 12.7 Å². The van der Waals surface area contributed by atoms with Crippen molar-refractivity contribution < 1.29 is 18.4 Å². The minimum atomic E-state index is -0.852. The molecule has 0 saturated carbocycles. The lowest BCUT2D eigenvalue weighted by atomic mass is 10.1. The number of nitrogens with zero attached hydrogens (tertiary/aromatic N) is 3. The lowest BCUT2D eigenvalue weighted by Crippen LogP contribution is -2.18. The quantitative estimate of drug-likeness (QED) is 0.518. The third kappa shape index (κ3) is 5.66. The molecule has 0 bridgehead atoms. The third-order valence-corrected chi connectivity index (χ3v) is 5.50. The molecule has 0 aliphatic carbocycles. The summed E-state index contributed by atoms with van der Waals surface area (Å²) in [5, 5.41) is 13.5. The monoisotopic (exact) mass is 445 g/mol. The van der Waals surface area contributed by atoms with Gasteiger partial charge in [-0.2, -0.15) is 0 Å². The van der Waals surface area contributed by atoms with Crippen LogP contribution in [0.3, 0.4) is 0 Å². The van der Waals surface area contributed by atoms with Gasteiger partial charge in [-0.1, -0.05) is 43.0 Å². The van der Waals surface area contributed by atoms with Crippen molar-refractivity contribution in [1.29, 1.82) is 0 Å². The summed E-state index contributed by atoms with van der Waals surface area (Å²) in [6.45, 7) is 2.01. The molecule has 10 heteroatoms. The van der Waals surface area contributed by atoms with E-state index in [1.165, 1.54) is 6.07 Å². The van der Waals surface area contributed by atoms with Gasteiger partial charge in [0.15, 0.2) is 5.16 Å². The van der Waals surface area contributed by atoms with E-state index in [1.54, 1.807) is 11.6 Å². The number of hydrogen-bond donors (Lipinski definition) is 2. The fourth-order valence-corrected chi connectivity index (χ4v) is 3.57. The van der Waals surface area contributed by atoms with E-state index in [0.717, 1.165) is 41.6 Å². The number of halogens is 2. The fraction of sp³-hybridized carbons (Fsp3) is 0.238. The van der Waals surface area contributed by atoms with Gasteiger partial charge in [0.1, 0.15) is 23.1 Å². The summed E-state index contributed by atoms with van der Waals surface area (Å²) in [7, 11) is 1.68. The first-order valence-electron chi connectivity index (χ1n) is 9.51. The molecule has 0 spiro atoms. The zero-order chi connectivity index (χ0) is 22.4. The van der Waals surface area contributed by atoms with Crippen LogP contribution in [0.2, 0.25) is 0 Å². The molecule has 2 aromatic carbocycles. The average Bonchev–Trinajstić information content (AvgIpc) is 3.09. The molecular weight excluding hydrogens is 424 g/mol. The lowest BCUT2D eigenvalue weighted by molar-refractivity contribution is -0.116. The summed E-state index contributed by atoms with van der Waals surface area (Å²) >= 11 is 1.04. The van der Waals surface area contributed by atoms with Crippen LogP contribution in [0.1, 0.15) is 18.3 Å². The standard InChI is InChI=1S/C21H21F2N5O2S/c1-3-13-7-4-5-10-16(13)24-18(29)11-17-26-27-21(28(17)2)31-12-19(30)25-20-14(22)8-6-9-15(20)23/h4-10H,3,11-12H2,1-2H3,(H,24,29)(H,25,30). The molecule has 1 aromatic heterocycles. The number of carbonyl (C=O) groups excluding carboxylic acids is 2. The molecule has 0 unspecified atom stereocenters. The molecule has 2 N–H and O–H groups in total. The van der Waals surface area contributed by atoms with Crippen molar-refractivity contribution in [1.82, 2.24) is 14.8 Å². The highest BCUT2D eigenvalue weighted by molar-refractivity contribution is 7.99. The Hall–Kier alpha value is -3.27. The van der Waals surface area contributed by atoms with Crippen LogP contribution in [-0.2, 0) is 29.5 Å². The number of carbonyl (C=O) groups is 2. The second-order valence-electron chi connectivity index (χ2n) is 6.63. The first-order valence-corrected chi connectivity index (χ1v) is 10.5. The number of hydrogen-bond acceptors (Lipinski definition) is 5. The van der Waals surface area contributed by atoms with E-state index >= 15 is 0 Å². The Kier molecular flexibility index (Phi) is 7.35. The summed E-state index contributed by atoms with van der Waals surface area (Å²) < 4.78 is 28.9. The largest absolute Gasteiger partial charge is 0.325 e. The summed E-state index contributed by atoms with van der Waals surface area (Å²) in [5.41, 5.74) is 1.29. The maximum atomic E-state index is 13.6. The Morgan fingerprint density at radius 3 is 2.42 bits per heavy atom. The van der Waals surface area contributed by atoms with Crippen molar-refractivity contribution >= 4 is 35.0 Å². The van der Waals surface area contributed by atoms with E-state index < -0.39 is 23.2 Å². The van der Waals surface area contributed by atoms with Gasteiger partial charge in [0.05, 0.1) is 12.2 Å². The number of rotatable bonds is 8. The summed E-state index contributed by atoms with van der Waals surface area (Å²) in [5.74, 6) is -2.23. The number of para-hydroxylation sites is 2. The van der Waals surface area contributed by atoms with E-state index in [4.69, 9.17) is 0 Å². The Labute approximate surface area is 182 Å². The predicted octanol–water partition coefficient (Wildman–Crippen LogP) is 3.57. The van der Waals surface area contributed by atoms with Gasteiger partial charge < -0.3 is 15.2 Å². The molecule has 0 radical (unpaired) electrons. The predicted molar refractivity (Wildman–Crippen MR) is 115 cm³/mol. The highest BCUT2D eigenvalue weighted by Gasteiger charge is 2.16. The van der Waals surface area contributed by atoms with Crippen molar-refractivity contribution in [2.24, 2.45) is 7.05 Å². The molecule has 7 nitrogen and oxygen atoms in total. The molecule has 162 valence electrons. The summed E-state index contributed by atoms with van der Waals surface area (Å²) in [6, 6.07) is 10.9. The molecule has 0 atom stereocenters. The Balaban J connectivity index is 1.57. The zero-order valence-corrected chi connectivity index (χ0v) is 17.8. The highest BCUT2D eigenvalue weighted by Crippen LogP contribution is 2.21. The van der Waals surface area contributed by atoms with Gasteiger partial charge in [-0.15, -0.1) is 10.2 Å². The highest BCUT2D eigenvalue weighted by atomic mass is 32.2. The fourth-order valence-electron chi connectivity index (χ4n) is 2.84. The van der Waals surface area contributed by atoms with Crippen LogP contribution in [0.4, 0.5) is 20.2 Å². The number of anilines is 2. The van der Waals surface area contributed by atoms with Crippen LogP contribution in [0, 0.1) is 11.6 Å². The molecule has 0 fully saturated rings. The van der Waals surface area contributed by atoms with Crippen molar-refractivity contribution in [3.05, 3.63) is 65.5 Å². The molecule has 3 rings (SSSR count). The van der Waals surface area contributed by atoms with Crippen LogP contribution < -0.4 is 10.6 Å². The van der Waals surface area contributed by atoms with Gasteiger partial charge in [0.2, 0.25) is 11.8 Å². The van der Waals surface area contributed by atoms with E-state index in [1.807, 2.05) is 31.2 Å². The molecular formula is C21H21F2N5O2S. The van der Waals surface area contributed by atoms with E-state index in [-0.39, 0.29) is 18.1 Å². The second-order valence-corrected chi connectivity index (χ2v) is 7.57. The third-order valence-electron chi connectivity index (χ3n) is 4.48. The van der Waals surface area contributed by atoms with Crippen molar-refractivity contribution in [2.45, 2.75) is 24.9 Å². The lowest BCUT2D eigenvalue weighted by Gasteiger charge is -2.09. The summed E-state index contributed by atoms with van der Waals surface area (Å²) in [6.07, 6.45) is 0.800. The second kappa shape index (κ2) is 10.2. The van der Waals surface area contributed by atoms with Crippen LogP contribution in [-0.4, -0.2) is 32.3 Å². The van der Waals surface area contributed by atoms with E-state index in [2.05, 4.69) is 20.8 Å². The van der Waals surface area contributed by atoms with Crippen LogP contribution in [0.25, 0.3) is 0 Å². The van der Waals surface area contributed by atoms with E-state index in [0.29, 0.717) is 11.0 Å². The number of nitrogens with one attached hydrogen (secondary N) is 2. The van der Waals surface area contributed by atoms with Crippen LogP contribution in [0.5, 0.6) is 0 Å². The Morgan fingerprint density at radius 2 is 1.71 bits per heavy atom. The van der Waals surface area contributed by atoms with Crippen molar-refractivity contribution in [3.63, 3.8) is 0 Å². The molecule has 0 saturated heterocycles. The van der Waals surface area contributed by atoms with Gasteiger partial charge in [-0.25, -0.2) is 8.78 Å². The minimum absolute atomic E-state index is 0.00867. The normalized spacial score (nSPS) is 10.7. The maximum Gasteiger partial charge on any atom is 0.235 e. The van der Waals surface area contributed by atoms with Crippen LogP contribution in [0.15, 0.2) is 47.6 Å². The first-order chi connectivity index (χ1) is 14.9. The number of amides is 2. The van der Waals surface area contributed by atoms with E-state index in [9.17, 15) is 18.4 Å². The average molecular weight is 445 g/mol. The Morgan fingerprint density at radius 1 is 1.00 bits per heavy atom. The smallest absolute Gasteiger partial charge is 0.235 e. The first kappa shape index (κ1) is 22.4. The van der Waals surface area contributed by atoms with Crippen LogP contribution >= 0.6 is 11.8 Å². The number of thioether (sulfide) groups is 1. The number of aryl methyl sites for hydroxylation is 1. The molecule has 2 amide bonds. The maximum absolute atomic E-state index is 13.6. The number of benzene rings is 2. The topological polar surface area (TPSA) is 88.9 Å². The van der Waals surface area contributed by atoms with Gasteiger partial charge in [0.25, 0.3) is 0 Å². The molecule has 3 aromatic rings.